The third-order valence-corrected chi connectivity index (χ3v) is 4.08. The van der Waals surface area contributed by atoms with Crippen LogP contribution in [0.3, 0.4) is 0 Å². The Balaban J connectivity index is 2.31. The van der Waals surface area contributed by atoms with Gasteiger partial charge in [-0.3, -0.25) is 0 Å². The van der Waals surface area contributed by atoms with Gasteiger partial charge in [0.2, 0.25) is 0 Å². The molecule has 0 N–H and O–H groups in total. The Morgan fingerprint density at radius 2 is 1.50 bits per heavy atom. The van der Waals surface area contributed by atoms with Crippen molar-refractivity contribution in [2.75, 3.05) is 0 Å². The summed E-state index contributed by atoms with van der Waals surface area (Å²) in [5, 5.41) is 2.75. The Labute approximate surface area is 107 Å². The molecule has 0 saturated heterocycles. The Bertz CT molecular complexity index is 794. The number of fused-ring (bicyclic) bond motifs is 3. The summed E-state index contributed by atoms with van der Waals surface area (Å²) in [4.78, 5) is 0. The SMILES string of the molecule is Cc1[c]c2c3c(cccc3c1C)-c1ccccc1-2. The van der Waals surface area contributed by atoms with Gasteiger partial charge in [0.25, 0.3) is 0 Å². The molecule has 0 heterocycles. The van der Waals surface area contributed by atoms with Crippen LogP contribution < -0.4 is 0 Å². The molecule has 3 aromatic carbocycles. The first kappa shape index (κ1) is 9.90. The maximum atomic E-state index is 3.58. The summed E-state index contributed by atoms with van der Waals surface area (Å²) in [6.45, 7) is 4.34. The maximum absolute atomic E-state index is 3.58. The maximum Gasteiger partial charge on any atom is -0.00111 e. The smallest absolute Gasteiger partial charge is 0.00111 e. The van der Waals surface area contributed by atoms with Crippen LogP contribution in [-0.4, -0.2) is 0 Å². The second-order valence-electron chi connectivity index (χ2n) is 5.02. The van der Waals surface area contributed by atoms with Crippen molar-refractivity contribution in [3.05, 3.63) is 59.7 Å². The minimum absolute atomic E-state index is 1.26. The standard InChI is InChI=1S/C18H13/c1-11-10-17-15-7-4-3-6-14(15)16-9-5-8-13(12(11)2)18(16)17/h3-9H,1-2H3. The topological polar surface area (TPSA) is 0 Å². The minimum atomic E-state index is 1.26. The van der Waals surface area contributed by atoms with Crippen molar-refractivity contribution < 1.29 is 0 Å². The fourth-order valence-corrected chi connectivity index (χ4v) is 3.04. The zero-order valence-electron chi connectivity index (χ0n) is 10.5. The number of benzene rings is 3. The Morgan fingerprint density at radius 3 is 2.33 bits per heavy atom. The third kappa shape index (κ3) is 1.06. The molecule has 0 fully saturated rings. The van der Waals surface area contributed by atoms with Crippen LogP contribution in [0, 0.1) is 19.9 Å². The summed E-state index contributed by atoms with van der Waals surface area (Å²) in [7, 11) is 0. The van der Waals surface area contributed by atoms with E-state index in [1.165, 1.54) is 44.2 Å². The quantitative estimate of drug-likeness (QED) is 0.402. The lowest BCUT2D eigenvalue weighted by atomic mass is 9.95. The molecule has 0 atom stereocenters. The van der Waals surface area contributed by atoms with Gasteiger partial charge in [-0.1, -0.05) is 42.5 Å². The molecule has 0 unspecified atom stereocenters. The van der Waals surface area contributed by atoms with E-state index in [0.717, 1.165) is 0 Å². The molecule has 4 rings (SSSR count). The highest BCUT2D eigenvalue weighted by Gasteiger charge is 2.22. The number of hydrogen-bond donors (Lipinski definition) is 0. The summed E-state index contributed by atoms with van der Waals surface area (Å²) in [5.41, 5.74) is 7.91. The zero-order valence-corrected chi connectivity index (χ0v) is 10.5. The monoisotopic (exact) mass is 229 g/mol. The highest BCUT2D eigenvalue weighted by Crippen LogP contribution is 2.47. The van der Waals surface area contributed by atoms with E-state index >= 15 is 0 Å². The molecule has 1 aliphatic rings. The van der Waals surface area contributed by atoms with Crippen LogP contribution in [-0.2, 0) is 0 Å². The normalized spacial score (nSPS) is 11.9. The molecular formula is C18H13. The molecule has 1 aliphatic carbocycles. The molecule has 0 spiro atoms. The summed E-state index contributed by atoms with van der Waals surface area (Å²) < 4.78 is 0. The summed E-state index contributed by atoms with van der Waals surface area (Å²) >= 11 is 0. The van der Waals surface area contributed by atoms with Gasteiger partial charge in [0.05, 0.1) is 0 Å². The molecule has 3 aromatic rings. The lowest BCUT2D eigenvalue weighted by Crippen LogP contribution is -1.86. The Kier molecular flexibility index (Phi) is 1.78. The molecule has 18 heavy (non-hydrogen) atoms. The highest BCUT2D eigenvalue weighted by atomic mass is 14.2. The summed E-state index contributed by atoms with van der Waals surface area (Å²) in [6, 6.07) is 18.8. The van der Waals surface area contributed by atoms with E-state index in [1.54, 1.807) is 0 Å². The lowest BCUT2D eigenvalue weighted by molar-refractivity contribution is 1.38. The molecule has 0 amide bonds. The van der Waals surface area contributed by atoms with E-state index in [4.69, 9.17) is 0 Å². The van der Waals surface area contributed by atoms with Crippen molar-refractivity contribution in [1.29, 1.82) is 0 Å². The van der Waals surface area contributed by atoms with Gasteiger partial charge in [-0.25, -0.2) is 0 Å². The molecule has 0 nitrogen and oxygen atoms in total. The van der Waals surface area contributed by atoms with Gasteiger partial charge in [0.15, 0.2) is 0 Å². The van der Waals surface area contributed by atoms with Crippen LogP contribution in [0.1, 0.15) is 11.1 Å². The van der Waals surface area contributed by atoms with Crippen LogP contribution in [0.5, 0.6) is 0 Å². The van der Waals surface area contributed by atoms with Crippen LogP contribution in [0.2, 0.25) is 0 Å². The zero-order chi connectivity index (χ0) is 12.3. The largest absolute Gasteiger partial charge is 0.0616 e. The average Bonchev–Trinajstić information content (AvgIpc) is 2.72. The number of hydrogen-bond acceptors (Lipinski definition) is 0. The van der Waals surface area contributed by atoms with E-state index in [0.29, 0.717) is 0 Å². The fourth-order valence-electron chi connectivity index (χ4n) is 3.04. The second-order valence-corrected chi connectivity index (χ2v) is 5.02. The molecular weight excluding hydrogens is 216 g/mol. The van der Waals surface area contributed by atoms with Gasteiger partial charge in [-0.2, -0.15) is 0 Å². The predicted octanol–water partition coefficient (Wildman–Crippen LogP) is 4.90. The summed E-state index contributed by atoms with van der Waals surface area (Å²) in [5.74, 6) is 0. The van der Waals surface area contributed by atoms with Crippen LogP contribution in [0.15, 0.2) is 42.5 Å². The van der Waals surface area contributed by atoms with Crippen LogP contribution >= 0.6 is 0 Å². The van der Waals surface area contributed by atoms with E-state index in [-0.39, 0.29) is 0 Å². The third-order valence-electron chi connectivity index (χ3n) is 4.08. The Hall–Kier alpha value is -2.08. The van der Waals surface area contributed by atoms with Crippen molar-refractivity contribution >= 4 is 10.8 Å². The second kappa shape index (κ2) is 3.23. The van der Waals surface area contributed by atoms with Crippen molar-refractivity contribution in [2.24, 2.45) is 0 Å². The van der Waals surface area contributed by atoms with Gasteiger partial charge >= 0.3 is 0 Å². The predicted molar refractivity (Wildman–Crippen MR) is 76.7 cm³/mol. The molecule has 0 saturated carbocycles. The molecule has 85 valence electrons. The summed E-state index contributed by atoms with van der Waals surface area (Å²) in [6.07, 6.45) is 0. The van der Waals surface area contributed by atoms with Gasteiger partial charge in [-0.05, 0) is 64.1 Å². The van der Waals surface area contributed by atoms with Crippen molar-refractivity contribution in [2.45, 2.75) is 13.8 Å². The molecule has 1 radical (unpaired) electrons. The van der Waals surface area contributed by atoms with Crippen LogP contribution in [0.25, 0.3) is 33.0 Å². The average molecular weight is 229 g/mol. The number of rotatable bonds is 0. The van der Waals surface area contributed by atoms with E-state index in [1.807, 2.05) is 0 Å². The molecule has 0 bridgehead atoms. The fraction of sp³-hybridized carbons (Fsp3) is 0.111. The van der Waals surface area contributed by atoms with E-state index in [9.17, 15) is 0 Å². The highest BCUT2D eigenvalue weighted by molar-refractivity contribution is 6.16. The first-order valence-electron chi connectivity index (χ1n) is 6.32. The van der Waals surface area contributed by atoms with Gasteiger partial charge in [0, 0.05) is 0 Å². The van der Waals surface area contributed by atoms with Crippen molar-refractivity contribution in [1.82, 2.24) is 0 Å². The number of aryl methyl sites for hydroxylation is 2. The molecule has 0 heteroatoms. The minimum Gasteiger partial charge on any atom is -0.0616 e. The molecule has 0 aromatic heterocycles. The molecule has 0 aliphatic heterocycles. The van der Waals surface area contributed by atoms with Crippen molar-refractivity contribution in [3.8, 4) is 22.3 Å². The van der Waals surface area contributed by atoms with Gasteiger partial charge < -0.3 is 0 Å². The van der Waals surface area contributed by atoms with Crippen molar-refractivity contribution in [3.63, 3.8) is 0 Å². The van der Waals surface area contributed by atoms with Gasteiger partial charge in [-0.15, -0.1) is 0 Å². The van der Waals surface area contributed by atoms with E-state index in [2.05, 4.69) is 62.4 Å². The first-order chi connectivity index (χ1) is 8.77. The lowest BCUT2D eigenvalue weighted by Gasteiger charge is -2.08. The van der Waals surface area contributed by atoms with Gasteiger partial charge in [0.1, 0.15) is 0 Å². The first-order valence-corrected chi connectivity index (χ1v) is 6.32. The Morgan fingerprint density at radius 1 is 0.778 bits per heavy atom. The van der Waals surface area contributed by atoms with Crippen LogP contribution in [0.4, 0.5) is 0 Å². The van der Waals surface area contributed by atoms with E-state index < -0.39 is 0 Å².